The second-order valence-corrected chi connectivity index (χ2v) is 6.17. The number of ketones is 1. The highest BCUT2D eigenvalue weighted by Crippen LogP contribution is 2.13. The van der Waals surface area contributed by atoms with Gasteiger partial charge in [-0.2, -0.15) is 0 Å². The van der Waals surface area contributed by atoms with E-state index in [4.69, 9.17) is 0 Å². The molecule has 0 aliphatic heterocycles. The van der Waals surface area contributed by atoms with Gasteiger partial charge in [0.15, 0.2) is 12.0 Å². The Kier molecular flexibility index (Phi) is 6.48. The molecule has 0 saturated heterocycles. The molecule has 1 unspecified atom stereocenters. The third kappa shape index (κ3) is 5.61. The molecule has 2 rings (SSSR count). The van der Waals surface area contributed by atoms with Crippen molar-refractivity contribution in [2.75, 3.05) is 6.54 Å². The molecule has 0 saturated carbocycles. The number of benzene rings is 2. The maximum atomic E-state index is 14.3. The minimum absolute atomic E-state index is 0.126. The van der Waals surface area contributed by atoms with Crippen LogP contribution in [0.25, 0.3) is 0 Å². The fraction of sp³-hybridized carbons (Fsp3) is 0.350. The summed E-state index contributed by atoms with van der Waals surface area (Å²) in [6.45, 7) is 4.87. The summed E-state index contributed by atoms with van der Waals surface area (Å²) in [7, 11) is 0. The van der Waals surface area contributed by atoms with Gasteiger partial charge in [-0.25, -0.2) is 4.39 Å². The van der Waals surface area contributed by atoms with Crippen LogP contribution in [0.5, 0.6) is 0 Å². The van der Waals surface area contributed by atoms with E-state index in [1.807, 2.05) is 65.6 Å². The third-order valence-corrected chi connectivity index (χ3v) is 3.79. The molecular formula is C20H24FNO. The van der Waals surface area contributed by atoms with E-state index in [1.54, 1.807) is 13.8 Å². The Hall–Kier alpha value is -2.00. The summed E-state index contributed by atoms with van der Waals surface area (Å²) in [6.07, 6.45) is -1.44. The van der Waals surface area contributed by atoms with E-state index in [0.717, 1.165) is 11.1 Å². The molecule has 0 bridgehead atoms. The fourth-order valence-corrected chi connectivity index (χ4v) is 2.55. The first-order chi connectivity index (χ1) is 11.1. The van der Waals surface area contributed by atoms with E-state index in [-0.39, 0.29) is 18.2 Å². The lowest BCUT2D eigenvalue weighted by atomic mass is 10.0. The number of hydrogen-bond acceptors (Lipinski definition) is 2. The molecule has 0 radical (unpaired) electrons. The number of carbonyl (C=O) groups is 1. The Morgan fingerprint density at radius 1 is 0.913 bits per heavy atom. The number of halogens is 1. The van der Waals surface area contributed by atoms with Crippen molar-refractivity contribution >= 4 is 5.78 Å². The van der Waals surface area contributed by atoms with Crippen LogP contribution in [0, 0.1) is 5.92 Å². The van der Waals surface area contributed by atoms with E-state index in [1.165, 1.54) is 0 Å². The largest absolute Gasteiger partial charge is 0.296 e. The van der Waals surface area contributed by atoms with Gasteiger partial charge in [0.1, 0.15) is 0 Å². The third-order valence-electron chi connectivity index (χ3n) is 3.79. The Morgan fingerprint density at radius 2 is 1.35 bits per heavy atom. The van der Waals surface area contributed by atoms with Gasteiger partial charge in [-0.3, -0.25) is 9.69 Å². The normalized spacial score (nSPS) is 12.6. The molecule has 3 heteroatoms. The van der Waals surface area contributed by atoms with Gasteiger partial charge < -0.3 is 0 Å². The first kappa shape index (κ1) is 17.4. The van der Waals surface area contributed by atoms with Crippen molar-refractivity contribution in [1.29, 1.82) is 0 Å². The zero-order valence-corrected chi connectivity index (χ0v) is 13.8. The van der Waals surface area contributed by atoms with Crippen LogP contribution in [-0.2, 0) is 17.9 Å². The summed E-state index contributed by atoms with van der Waals surface area (Å²) in [5, 5.41) is 0. The number of carbonyl (C=O) groups excluding carboxylic acids is 1. The standard InChI is InChI=1S/C20H24FNO/c1-16(2)20(23)19(21)15-22(13-17-9-5-3-6-10-17)14-18-11-7-4-8-12-18/h3-12,16,19H,13-15H2,1-2H3. The average molecular weight is 313 g/mol. The van der Waals surface area contributed by atoms with Gasteiger partial charge in [0.25, 0.3) is 0 Å². The monoisotopic (exact) mass is 313 g/mol. The smallest absolute Gasteiger partial charge is 0.171 e. The first-order valence-electron chi connectivity index (χ1n) is 8.04. The van der Waals surface area contributed by atoms with Crippen molar-refractivity contribution in [1.82, 2.24) is 4.90 Å². The Bertz CT molecular complexity index is 556. The molecule has 0 amide bonds. The summed E-state index contributed by atoms with van der Waals surface area (Å²) in [4.78, 5) is 13.9. The summed E-state index contributed by atoms with van der Waals surface area (Å²) < 4.78 is 14.3. The molecule has 0 aromatic heterocycles. The lowest BCUT2D eigenvalue weighted by Gasteiger charge is -2.24. The number of rotatable bonds is 8. The van der Waals surface area contributed by atoms with Crippen molar-refractivity contribution in [3.8, 4) is 0 Å². The molecule has 1 atom stereocenters. The molecule has 2 nitrogen and oxygen atoms in total. The van der Waals surface area contributed by atoms with Gasteiger partial charge in [-0.05, 0) is 11.1 Å². The van der Waals surface area contributed by atoms with E-state index in [2.05, 4.69) is 0 Å². The van der Waals surface area contributed by atoms with Crippen molar-refractivity contribution in [3.63, 3.8) is 0 Å². The zero-order valence-electron chi connectivity index (χ0n) is 13.8. The predicted octanol–water partition coefficient (Wildman–Crippen LogP) is 4.25. The molecule has 0 N–H and O–H groups in total. The minimum Gasteiger partial charge on any atom is -0.296 e. The predicted molar refractivity (Wildman–Crippen MR) is 91.7 cm³/mol. The highest BCUT2D eigenvalue weighted by molar-refractivity contribution is 5.84. The van der Waals surface area contributed by atoms with Gasteiger partial charge >= 0.3 is 0 Å². The minimum atomic E-state index is -1.44. The molecule has 0 aliphatic rings. The van der Waals surface area contributed by atoms with E-state index < -0.39 is 6.17 Å². The van der Waals surface area contributed by atoms with Crippen molar-refractivity contribution in [2.45, 2.75) is 33.1 Å². The van der Waals surface area contributed by atoms with Gasteiger partial charge in [-0.15, -0.1) is 0 Å². The van der Waals surface area contributed by atoms with Crippen LogP contribution in [-0.4, -0.2) is 23.4 Å². The summed E-state index contributed by atoms with van der Waals surface area (Å²) >= 11 is 0. The van der Waals surface area contributed by atoms with Crippen LogP contribution >= 0.6 is 0 Å². The summed E-state index contributed by atoms with van der Waals surface area (Å²) in [5.74, 6) is -0.601. The highest BCUT2D eigenvalue weighted by atomic mass is 19.1. The summed E-state index contributed by atoms with van der Waals surface area (Å²) in [5.41, 5.74) is 2.24. The van der Waals surface area contributed by atoms with Gasteiger partial charge in [0.2, 0.25) is 0 Å². The Morgan fingerprint density at radius 3 is 1.74 bits per heavy atom. The second kappa shape index (κ2) is 8.59. The quantitative estimate of drug-likeness (QED) is 0.726. The molecule has 0 aliphatic carbocycles. The molecule has 122 valence electrons. The topological polar surface area (TPSA) is 20.3 Å². The van der Waals surface area contributed by atoms with E-state index in [0.29, 0.717) is 13.1 Å². The zero-order chi connectivity index (χ0) is 16.7. The lowest BCUT2D eigenvalue weighted by molar-refractivity contribution is -0.127. The SMILES string of the molecule is CC(C)C(=O)C(F)CN(Cc1ccccc1)Cc1ccccc1. The molecule has 0 spiro atoms. The van der Waals surface area contributed by atoms with Crippen LogP contribution < -0.4 is 0 Å². The number of Topliss-reactive ketones (excluding diaryl/α,β-unsaturated/α-hetero) is 1. The van der Waals surface area contributed by atoms with Gasteiger partial charge in [0, 0.05) is 25.6 Å². The lowest BCUT2D eigenvalue weighted by Crippen LogP contribution is -2.35. The van der Waals surface area contributed by atoms with Gasteiger partial charge in [-0.1, -0.05) is 74.5 Å². The second-order valence-electron chi connectivity index (χ2n) is 6.17. The molecule has 0 heterocycles. The number of hydrogen-bond donors (Lipinski definition) is 0. The fourth-order valence-electron chi connectivity index (χ4n) is 2.55. The first-order valence-corrected chi connectivity index (χ1v) is 8.04. The number of alkyl halides is 1. The van der Waals surface area contributed by atoms with E-state index >= 15 is 0 Å². The Labute approximate surface area is 137 Å². The molecule has 0 fully saturated rings. The van der Waals surface area contributed by atoms with Crippen LogP contribution in [0.3, 0.4) is 0 Å². The van der Waals surface area contributed by atoms with Crippen LogP contribution in [0.4, 0.5) is 4.39 Å². The van der Waals surface area contributed by atoms with E-state index in [9.17, 15) is 9.18 Å². The molecule has 2 aromatic rings. The maximum Gasteiger partial charge on any atom is 0.171 e. The molecule has 2 aromatic carbocycles. The maximum absolute atomic E-state index is 14.3. The van der Waals surface area contributed by atoms with Crippen LogP contribution in [0.15, 0.2) is 60.7 Å². The van der Waals surface area contributed by atoms with Gasteiger partial charge in [0.05, 0.1) is 0 Å². The molecule has 23 heavy (non-hydrogen) atoms. The van der Waals surface area contributed by atoms with Crippen LogP contribution in [0.2, 0.25) is 0 Å². The van der Waals surface area contributed by atoms with Crippen molar-refractivity contribution < 1.29 is 9.18 Å². The van der Waals surface area contributed by atoms with Crippen molar-refractivity contribution in [3.05, 3.63) is 71.8 Å². The van der Waals surface area contributed by atoms with Crippen LogP contribution in [0.1, 0.15) is 25.0 Å². The molecular weight excluding hydrogens is 289 g/mol. The summed E-state index contributed by atoms with van der Waals surface area (Å²) in [6, 6.07) is 19.9. The van der Waals surface area contributed by atoms with Crippen molar-refractivity contribution in [2.24, 2.45) is 5.92 Å². The highest BCUT2D eigenvalue weighted by Gasteiger charge is 2.23. The number of nitrogens with zero attached hydrogens (tertiary/aromatic N) is 1. The Balaban J connectivity index is 2.09. The average Bonchev–Trinajstić information content (AvgIpc) is 2.55.